The molecule has 2 aromatic heterocycles. The van der Waals surface area contributed by atoms with Crippen molar-refractivity contribution in [1.82, 2.24) is 24.6 Å². The quantitative estimate of drug-likeness (QED) is 0.908. The number of aromatic nitrogens is 4. The normalized spacial score (nSPS) is 17.8. The fourth-order valence-electron chi connectivity index (χ4n) is 2.97. The smallest absolute Gasteiger partial charge is 0.410 e. The second-order valence-corrected chi connectivity index (χ2v) is 7.52. The van der Waals surface area contributed by atoms with E-state index in [4.69, 9.17) is 4.74 Å². The Morgan fingerprint density at radius 1 is 1.31 bits per heavy atom. The van der Waals surface area contributed by atoms with Crippen LogP contribution in [0.15, 0.2) is 24.5 Å². The molecule has 140 valence electrons. The van der Waals surface area contributed by atoms with Crippen LogP contribution in [-0.2, 0) is 11.8 Å². The number of hydrogen-bond acceptors (Lipinski definition) is 6. The molecule has 1 amide bonds. The van der Waals surface area contributed by atoms with Gasteiger partial charge >= 0.3 is 6.09 Å². The lowest BCUT2D eigenvalue weighted by molar-refractivity contribution is 0.0206. The van der Waals surface area contributed by atoms with E-state index in [0.29, 0.717) is 19.0 Å². The van der Waals surface area contributed by atoms with Gasteiger partial charge < -0.3 is 15.0 Å². The molecular weight excluding hydrogens is 332 g/mol. The topological polar surface area (TPSA) is 85.2 Å². The molecule has 1 atom stereocenters. The molecule has 0 bridgehead atoms. The van der Waals surface area contributed by atoms with Gasteiger partial charge in [0.15, 0.2) is 0 Å². The molecule has 3 heterocycles. The highest BCUT2D eigenvalue weighted by atomic mass is 16.6. The second kappa shape index (κ2) is 7.31. The van der Waals surface area contributed by atoms with Crippen LogP contribution in [-0.4, -0.2) is 55.5 Å². The maximum Gasteiger partial charge on any atom is 0.410 e. The van der Waals surface area contributed by atoms with Gasteiger partial charge in [0.1, 0.15) is 5.60 Å². The monoisotopic (exact) mass is 358 g/mol. The molecule has 1 fully saturated rings. The van der Waals surface area contributed by atoms with E-state index in [1.165, 1.54) is 0 Å². The number of ether oxygens (including phenoxy) is 1. The third kappa shape index (κ3) is 4.50. The number of likely N-dealkylation sites (tertiary alicyclic amines) is 1. The van der Waals surface area contributed by atoms with Crippen molar-refractivity contribution in [3.8, 4) is 11.4 Å². The average molecular weight is 358 g/mol. The maximum atomic E-state index is 12.3. The molecule has 1 N–H and O–H groups in total. The molecule has 1 aliphatic rings. The van der Waals surface area contributed by atoms with E-state index in [1.807, 2.05) is 40.0 Å². The fourth-order valence-corrected chi connectivity index (χ4v) is 2.97. The lowest BCUT2D eigenvalue weighted by Crippen LogP contribution is -2.47. The zero-order valence-electron chi connectivity index (χ0n) is 15.8. The molecular formula is C18H26N6O2. The molecule has 1 unspecified atom stereocenters. The molecule has 0 aliphatic carbocycles. The van der Waals surface area contributed by atoms with Crippen LogP contribution in [0.25, 0.3) is 11.4 Å². The van der Waals surface area contributed by atoms with Crippen molar-refractivity contribution in [2.75, 3.05) is 18.4 Å². The van der Waals surface area contributed by atoms with Crippen molar-refractivity contribution in [3.63, 3.8) is 0 Å². The molecule has 1 saturated heterocycles. The molecule has 8 heteroatoms. The zero-order chi connectivity index (χ0) is 18.7. The van der Waals surface area contributed by atoms with Gasteiger partial charge in [-0.05, 0) is 45.7 Å². The van der Waals surface area contributed by atoms with Gasteiger partial charge in [-0.3, -0.25) is 4.68 Å². The summed E-state index contributed by atoms with van der Waals surface area (Å²) in [6.07, 6.45) is 5.07. The first kappa shape index (κ1) is 18.2. The molecule has 0 spiro atoms. The van der Waals surface area contributed by atoms with Gasteiger partial charge in [0.05, 0.1) is 11.4 Å². The lowest BCUT2D eigenvalue weighted by Gasteiger charge is -2.34. The summed E-state index contributed by atoms with van der Waals surface area (Å²) in [5.41, 5.74) is 1.25. The van der Waals surface area contributed by atoms with Crippen LogP contribution in [0, 0.1) is 0 Å². The first-order valence-electron chi connectivity index (χ1n) is 8.88. The Balaban J connectivity index is 1.66. The molecule has 0 radical (unpaired) electrons. The number of carbonyl (C=O) groups excluding carboxylic acids is 1. The van der Waals surface area contributed by atoms with Gasteiger partial charge in [-0.25, -0.2) is 14.8 Å². The van der Waals surface area contributed by atoms with E-state index in [-0.39, 0.29) is 12.1 Å². The van der Waals surface area contributed by atoms with Gasteiger partial charge in [0, 0.05) is 38.6 Å². The van der Waals surface area contributed by atoms with E-state index in [2.05, 4.69) is 20.4 Å². The van der Waals surface area contributed by atoms with E-state index in [0.717, 1.165) is 24.2 Å². The van der Waals surface area contributed by atoms with Crippen molar-refractivity contribution < 1.29 is 9.53 Å². The number of anilines is 1. The molecule has 8 nitrogen and oxygen atoms in total. The van der Waals surface area contributed by atoms with E-state index >= 15 is 0 Å². The van der Waals surface area contributed by atoms with Crippen LogP contribution in [0.5, 0.6) is 0 Å². The summed E-state index contributed by atoms with van der Waals surface area (Å²) in [6, 6.07) is 3.87. The Kier molecular flexibility index (Phi) is 5.11. The number of aryl methyl sites for hydroxylation is 1. The summed E-state index contributed by atoms with van der Waals surface area (Å²) >= 11 is 0. The van der Waals surface area contributed by atoms with Crippen LogP contribution in [0.4, 0.5) is 10.7 Å². The van der Waals surface area contributed by atoms with Crippen LogP contribution in [0.3, 0.4) is 0 Å². The number of hydrogen-bond donors (Lipinski definition) is 1. The van der Waals surface area contributed by atoms with E-state index in [1.54, 1.807) is 22.0 Å². The Morgan fingerprint density at radius 2 is 2.12 bits per heavy atom. The highest BCUT2D eigenvalue weighted by Gasteiger charge is 2.28. The molecule has 26 heavy (non-hydrogen) atoms. The maximum absolute atomic E-state index is 12.3. The van der Waals surface area contributed by atoms with Crippen LogP contribution >= 0.6 is 0 Å². The van der Waals surface area contributed by atoms with E-state index < -0.39 is 5.60 Å². The third-order valence-electron chi connectivity index (χ3n) is 4.15. The Morgan fingerprint density at radius 3 is 2.81 bits per heavy atom. The summed E-state index contributed by atoms with van der Waals surface area (Å²) in [7, 11) is 1.88. The average Bonchev–Trinajstić information content (AvgIpc) is 3.00. The summed E-state index contributed by atoms with van der Waals surface area (Å²) in [5.74, 6) is 0.555. The second-order valence-electron chi connectivity index (χ2n) is 7.52. The third-order valence-corrected chi connectivity index (χ3v) is 4.15. The predicted molar refractivity (Wildman–Crippen MR) is 98.7 cm³/mol. The minimum absolute atomic E-state index is 0.0954. The Hall–Kier alpha value is -2.64. The van der Waals surface area contributed by atoms with Crippen LogP contribution in [0.1, 0.15) is 33.6 Å². The molecule has 2 aromatic rings. The summed E-state index contributed by atoms with van der Waals surface area (Å²) < 4.78 is 7.25. The highest BCUT2D eigenvalue weighted by molar-refractivity contribution is 5.68. The van der Waals surface area contributed by atoms with Gasteiger partial charge in [0.2, 0.25) is 5.95 Å². The number of nitrogens with one attached hydrogen (secondary N) is 1. The molecule has 3 rings (SSSR count). The summed E-state index contributed by atoms with van der Waals surface area (Å²) in [4.78, 5) is 22.9. The van der Waals surface area contributed by atoms with Gasteiger partial charge in [-0.1, -0.05) is 0 Å². The first-order chi connectivity index (χ1) is 12.3. The minimum atomic E-state index is -0.488. The van der Waals surface area contributed by atoms with Crippen molar-refractivity contribution in [2.45, 2.75) is 45.3 Å². The van der Waals surface area contributed by atoms with Crippen LogP contribution < -0.4 is 5.32 Å². The van der Waals surface area contributed by atoms with Crippen molar-refractivity contribution >= 4 is 12.0 Å². The standard InChI is InChI=1S/C18H26N6O2/c1-18(2,3)26-17(25)24-11-5-6-13(12-24)21-16-19-9-7-14(22-16)15-8-10-20-23(15)4/h7-10,13H,5-6,11-12H2,1-4H3,(H,19,21,22). The lowest BCUT2D eigenvalue weighted by atomic mass is 10.1. The van der Waals surface area contributed by atoms with Crippen molar-refractivity contribution in [1.29, 1.82) is 0 Å². The SMILES string of the molecule is Cn1nccc1-c1ccnc(NC2CCCN(C(=O)OC(C)(C)C)C2)n1. The van der Waals surface area contributed by atoms with Crippen LogP contribution in [0.2, 0.25) is 0 Å². The largest absolute Gasteiger partial charge is 0.444 e. The Labute approximate surface area is 153 Å². The minimum Gasteiger partial charge on any atom is -0.444 e. The molecule has 0 aromatic carbocycles. The summed E-state index contributed by atoms with van der Waals surface area (Å²) in [5, 5.41) is 7.52. The number of rotatable bonds is 3. The zero-order valence-corrected chi connectivity index (χ0v) is 15.8. The van der Waals surface area contributed by atoms with Gasteiger partial charge in [0.25, 0.3) is 0 Å². The first-order valence-corrected chi connectivity index (χ1v) is 8.88. The van der Waals surface area contributed by atoms with Gasteiger partial charge in [-0.2, -0.15) is 5.10 Å². The molecule has 0 saturated carbocycles. The van der Waals surface area contributed by atoms with Crippen molar-refractivity contribution in [3.05, 3.63) is 24.5 Å². The van der Waals surface area contributed by atoms with E-state index in [9.17, 15) is 4.79 Å². The number of nitrogens with zero attached hydrogens (tertiary/aromatic N) is 5. The molecule has 1 aliphatic heterocycles. The number of piperidine rings is 1. The Bertz CT molecular complexity index is 767. The predicted octanol–water partition coefficient (Wildman–Crippen LogP) is 2.69. The summed E-state index contributed by atoms with van der Waals surface area (Å²) in [6.45, 7) is 6.92. The highest BCUT2D eigenvalue weighted by Crippen LogP contribution is 2.19. The number of amides is 1. The fraction of sp³-hybridized carbons (Fsp3) is 0.556. The van der Waals surface area contributed by atoms with Gasteiger partial charge in [-0.15, -0.1) is 0 Å². The number of carbonyl (C=O) groups is 1. The van der Waals surface area contributed by atoms with Crippen molar-refractivity contribution in [2.24, 2.45) is 7.05 Å².